The summed E-state index contributed by atoms with van der Waals surface area (Å²) in [5.74, 6) is -1.81. The third kappa shape index (κ3) is 2.68. The molecule has 1 aromatic heterocycles. The first kappa shape index (κ1) is 11.5. The molecule has 6 heteroatoms. The third-order valence-electron chi connectivity index (χ3n) is 1.78. The Kier molecular flexibility index (Phi) is 3.65. The first-order valence-corrected chi connectivity index (χ1v) is 4.04. The van der Waals surface area contributed by atoms with Gasteiger partial charge in [0.05, 0.1) is 24.8 Å². The maximum absolute atomic E-state index is 13.0. The second-order valence-corrected chi connectivity index (χ2v) is 2.71. The minimum absolute atomic E-state index is 0.295. The highest BCUT2D eigenvalue weighted by molar-refractivity contribution is 5.72. The molecule has 1 aromatic rings. The summed E-state index contributed by atoms with van der Waals surface area (Å²) in [5, 5.41) is 0. The van der Waals surface area contributed by atoms with Gasteiger partial charge in [-0.3, -0.25) is 9.78 Å². The van der Waals surface area contributed by atoms with Gasteiger partial charge in [-0.25, -0.2) is 13.2 Å². The van der Waals surface area contributed by atoms with Crippen LogP contribution in [0.5, 0.6) is 0 Å². The molecule has 0 spiro atoms. The van der Waals surface area contributed by atoms with Gasteiger partial charge < -0.3 is 4.74 Å². The molecule has 0 fully saturated rings. The Balaban J connectivity index is 3.06. The third-order valence-corrected chi connectivity index (χ3v) is 1.78. The quantitative estimate of drug-likeness (QED) is 0.728. The highest BCUT2D eigenvalue weighted by atomic mass is 19.3. The molecule has 0 radical (unpaired) electrons. The van der Waals surface area contributed by atoms with Gasteiger partial charge >= 0.3 is 5.97 Å². The number of ether oxygens (including phenoxy) is 1. The molecule has 0 aliphatic heterocycles. The number of pyridine rings is 1. The summed E-state index contributed by atoms with van der Waals surface area (Å²) >= 11 is 0. The second kappa shape index (κ2) is 4.77. The van der Waals surface area contributed by atoms with Crippen molar-refractivity contribution in [3.8, 4) is 0 Å². The van der Waals surface area contributed by atoms with E-state index in [9.17, 15) is 18.0 Å². The van der Waals surface area contributed by atoms with Crippen LogP contribution in [0.2, 0.25) is 0 Å². The Morgan fingerprint density at radius 1 is 1.60 bits per heavy atom. The zero-order valence-corrected chi connectivity index (χ0v) is 7.84. The lowest BCUT2D eigenvalue weighted by Crippen LogP contribution is -2.10. The van der Waals surface area contributed by atoms with Crippen LogP contribution in [0.1, 0.15) is 17.7 Å². The van der Waals surface area contributed by atoms with Crippen LogP contribution >= 0.6 is 0 Å². The largest absolute Gasteiger partial charge is 0.469 e. The number of hydrogen-bond acceptors (Lipinski definition) is 3. The van der Waals surface area contributed by atoms with E-state index in [-0.39, 0.29) is 5.69 Å². The van der Waals surface area contributed by atoms with Crippen molar-refractivity contribution >= 4 is 5.97 Å². The van der Waals surface area contributed by atoms with Crippen molar-refractivity contribution in [3.05, 3.63) is 29.3 Å². The predicted octanol–water partition coefficient (Wildman–Crippen LogP) is 1.87. The van der Waals surface area contributed by atoms with Gasteiger partial charge in [0.1, 0.15) is 5.82 Å². The molecule has 0 bridgehead atoms. The predicted molar refractivity (Wildman–Crippen MR) is 44.9 cm³/mol. The number of nitrogens with zero attached hydrogens (tertiary/aromatic N) is 1. The molecule has 82 valence electrons. The lowest BCUT2D eigenvalue weighted by atomic mass is 10.1. The zero-order valence-electron chi connectivity index (χ0n) is 7.84. The number of methoxy groups -OCH3 is 1. The molecule has 1 heterocycles. The van der Waals surface area contributed by atoms with Crippen LogP contribution in [0, 0.1) is 5.82 Å². The Labute approximate surface area is 83.9 Å². The molecule has 0 saturated heterocycles. The van der Waals surface area contributed by atoms with Crippen molar-refractivity contribution in [2.24, 2.45) is 0 Å². The molecule has 0 aromatic carbocycles. The number of hydrogen-bond donors (Lipinski definition) is 0. The van der Waals surface area contributed by atoms with Gasteiger partial charge in [0, 0.05) is 6.20 Å². The maximum atomic E-state index is 13.0. The van der Waals surface area contributed by atoms with Crippen LogP contribution in [0.25, 0.3) is 0 Å². The van der Waals surface area contributed by atoms with Crippen molar-refractivity contribution < 1.29 is 22.7 Å². The molecule has 0 unspecified atom stereocenters. The van der Waals surface area contributed by atoms with Crippen molar-refractivity contribution in [1.29, 1.82) is 0 Å². The first-order valence-electron chi connectivity index (χ1n) is 4.04. The average molecular weight is 219 g/mol. The summed E-state index contributed by atoms with van der Waals surface area (Å²) in [6.07, 6.45) is -2.44. The van der Waals surface area contributed by atoms with Gasteiger partial charge in [0.2, 0.25) is 0 Å². The summed E-state index contributed by atoms with van der Waals surface area (Å²) in [5.41, 5.74) is -1.14. The number of halogens is 3. The lowest BCUT2D eigenvalue weighted by molar-refractivity contribution is -0.139. The second-order valence-electron chi connectivity index (χ2n) is 2.71. The van der Waals surface area contributed by atoms with Gasteiger partial charge in [-0.2, -0.15) is 0 Å². The Morgan fingerprint density at radius 2 is 2.27 bits per heavy atom. The van der Waals surface area contributed by atoms with Crippen LogP contribution in [-0.2, 0) is 16.0 Å². The summed E-state index contributed by atoms with van der Waals surface area (Å²) in [6, 6.07) is 0.822. The van der Waals surface area contributed by atoms with E-state index in [1.54, 1.807) is 0 Å². The Hall–Kier alpha value is -1.59. The fourth-order valence-electron chi connectivity index (χ4n) is 1.07. The fraction of sp³-hybridized carbons (Fsp3) is 0.333. The van der Waals surface area contributed by atoms with E-state index in [4.69, 9.17) is 0 Å². The summed E-state index contributed by atoms with van der Waals surface area (Å²) in [6.45, 7) is 0. The molecule has 0 aliphatic rings. The number of esters is 1. The van der Waals surface area contributed by atoms with E-state index >= 15 is 0 Å². The van der Waals surface area contributed by atoms with E-state index < -0.39 is 30.2 Å². The number of alkyl halides is 2. The van der Waals surface area contributed by atoms with Gasteiger partial charge in [0.25, 0.3) is 6.43 Å². The van der Waals surface area contributed by atoms with Crippen LogP contribution in [0.15, 0.2) is 12.3 Å². The molecular weight excluding hydrogens is 211 g/mol. The van der Waals surface area contributed by atoms with Crippen molar-refractivity contribution in [1.82, 2.24) is 4.98 Å². The van der Waals surface area contributed by atoms with Crippen LogP contribution in [-0.4, -0.2) is 18.1 Å². The van der Waals surface area contributed by atoms with E-state index in [1.165, 1.54) is 0 Å². The highest BCUT2D eigenvalue weighted by Crippen LogP contribution is 2.24. The molecule has 0 aliphatic carbocycles. The zero-order chi connectivity index (χ0) is 11.4. The van der Waals surface area contributed by atoms with Crippen LogP contribution < -0.4 is 0 Å². The van der Waals surface area contributed by atoms with Crippen molar-refractivity contribution in [2.75, 3.05) is 7.11 Å². The highest BCUT2D eigenvalue weighted by Gasteiger charge is 2.21. The van der Waals surface area contributed by atoms with E-state index in [2.05, 4.69) is 9.72 Å². The molecule has 0 saturated carbocycles. The normalized spacial score (nSPS) is 10.5. The topological polar surface area (TPSA) is 39.2 Å². The fourth-order valence-corrected chi connectivity index (χ4v) is 1.07. The molecule has 0 N–H and O–H groups in total. The maximum Gasteiger partial charge on any atom is 0.311 e. The number of rotatable bonds is 3. The van der Waals surface area contributed by atoms with Crippen molar-refractivity contribution in [3.63, 3.8) is 0 Å². The minimum Gasteiger partial charge on any atom is -0.469 e. The van der Waals surface area contributed by atoms with Gasteiger partial charge in [0.15, 0.2) is 0 Å². The molecule has 1 rings (SSSR count). The first-order chi connectivity index (χ1) is 7.06. The van der Waals surface area contributed by atoms with E-state index in [0.717, 1.165) is 19.4 Å². The van der Waals surface area contributed by atoms with Crippen LogP contribution in [0.3, 0.4) is 0 Å². The summed E-state index contributed by atoms with van der Waals surface area (Å²) in [7, 11) is 1.11. The summed E-state index contributed by atoms with van der Waals surface area (Å²) < 4.78 is 42.1. The SMILES string of the molecule is COC(=O)Cc1nccc(F)c1C(F)F. The van der Waals surface area contributed by atoms with Crippen molar-refractivity contribution in [2.45, 2.75) is 12.8 Å². The summed E-state index contributed by atoms with van der Waals surface area (Å²) in [4.78, 5) is 14.4. The molecule has 0 amide bonds. The van der Waals surface area contributed by atoms with Gasteiger partial charge in [-0.05, 0) is 6.07 Å². The minimum atomic E-state index is -3.00. The molecule has 15 heavy (non-hydrogen) atoms. The Bertz CT molecular complexity index is 368. The van der Waals surface area contributed by atoms with Gasteiger partial charge in [-0.15, -0.1) is 0 Å². The monoisotopic (exact) mass is 219 g/mol. The number of carbonyl (C=O) groups is 1. The van der Waals surface area contributed by atoms with Crippen LogP contribution in [0.4, 0.5) is 13.2 Å². The van der Waals surface area contributed by atoms with E-state index in [0.29, 0.717) is 0 Å². The number of carbonyl (C=O) groups excluding carboxylic acids is 1. The molecule has 0 atom stereocenters. The number of aromatic nitrogens is 1. The lowest BCUT2D eigenvalue weighted by Gasteiger charge is -2.07. The Morgan fingerprint density at radius 3 is 2.80 bits per heavy atom. The van der Waals surface area contributed by atoms with Gasteiger partial charge in [-0.1, -0.05) is 0 Å². The smallest absolute Gasteiger partial charge is 0.311 e. The standard InChI is InChI=1S/C9H8F3NO2/c1-15-7(14)4-6-8(9(11)12)5(10)2-3-13-6/h2-3,9H,4H2,1H3. The molecular formula is C9H8F3NO2. The molecule has 3 nitrogen and oxygen atoms in total. The average Bonchev–Trinajstić information content (AvgIpc) is 2.17. The van der Waals surface area contributed by atoms with E-state index in [1.807, 2.05) is 0 Å².